The highest BCUT2D eigenvalue weighted by atomic mass is 15.2. The first-order valence-corrected chi connectivity index (χ1v) is 6.98. The van der Waals surface area contributed by atoms with Crippen LogP contribution in [0, 0.1) is 5.92 Å². The average Bonchev–Trinajstić information content (AvgIpc) is 2.21. The molecule has 0 saturated carbocycles. The van der Waals surface area contributed by atoms with E-state index in [-0.39, 0.29) is 0 Å². The van der Waals surface area contributed by atoms with Crippen LogP contribution in [-0.4, -0.2) is 30.1 Å². The van der Waals surface area contributed by atoms with E-state index < -0.39 is 0 Å². The minimum atomic E-state index is 0.578. The molecular formula is C14H32N2. The SMILES string of the molecule is CCCCCC(CN)N(CC(C)C)C(C)C. The fourth-order valence-electron chi connectivity index (χ4n) is 2.25. The summed E-state index contributed by atoms with van der Waals surface area (Å²) in [6, 6.07) is 1.19. The smallest absolute Gasteiger partial charge is 0.0221 e. The van der Waals surface area contributed by atoms with E-state index in [1.165, 1.54) is 32.2 Å². The monoisotopic (exact) mass is 228 g/mol. The van der Waals surface area contributed by atoms with Crippen LogP contribution in [0.4, 0.5) is 0 Å². The molecule has 0 aromatic heterocycles. The summed E-state index contributed by atoms with van der Waals surface area (Å²) in [6.07, 6.45) is 5.21. The van der Waals surface area contributed by atoms with Crippen molar-refractivity contribution in [3.63, 3.8) is 0 Å². The van der Waals surface area contributed by atoms with E-state index in [1.54, 1.807) is 0 Å². The molecule has 0 heterocycles. The Bertz CT molecular complexity index is 155. The summed E-state index contributed by atoms with van der Waals surface area (Å²) in [6.45, 7) is 13.4. The number of hydrogen-bond acceptors (Lipinski definition) is 2. The molecule has 0 aliphatic heterocycles. The van der Waals surface area contributed by atoms with Gasteiger partial charge in [0.2, 0.25) is 0 Å². The van der Waals surface area contributed by atoms with Gasteiger partial charge in [-0.1, -0.05) is 40.0 Å². The van der Waals surface area contributed by atoms with Crippen LogP contribution in [0.1, 0.15) is 60.3 Å². The summed E-state index contributed by atoms with van der Waals surface area (Å²) in [7, 11) is 0. The predicted octanol–water partition coefficient (Wildman–Crippen LogP) is 3.26. The van der Waals surface area contributed by atoms with Crippen molar-refractivity contribution in [1.29, 1.82) is 0 Å². The molecule has 0 aliphatic carbocycles. The van der Waals surface area contributed by atoms with E-state index in [2.05, 4.69) is 39.5 Å². The Labute approximate surface area is 103 Å². The van der Waals surface area contributed by atoms with Crippen LogP contribution < -0.4 is 5.73 Å². The molecule has 0 aliphatic rings. The van der Waals surface area contributed by atoms with Gasteiger partial charge in [0.05, 0.1) is 0 Å². The lowest BCUT2D eigenvalue weighted by atomic mass is 10.0. The molecule has 0 radical (unpaired) electrons. The maximum Gasteiger partial charge on any atom is 0.0221 e. The molecule has 98 valence electrons. The molecule has 0 saturated heterocycles. The second-order valence-electron chi connectivity index (χ2n) is 5.57. The second-order valence-corrected chi connectivity index (χ2v) is 5.57. The third kappa shape index (κ3) is 6.49. The van der Waals surface area contributed by atoms with Gasteiger partial charge in [0.25, 0.3) is 0 Å². The zero-order valence-electron chi connectivity index (χ0n) is 12.0. The first-order chi connectivity index (χ1) is 7.52. The third-order valence-electron chi connectivity index (χ3n) is 3.12. The van der Waals surface area contributed by atoms with E-state index in [4.69, 9.17) is 5.73 Å². The summed E-state index contributed by atoms with van der Waals surface area (Å²) in [4.78, 5) is 2.58. The standard InChI is InChI=1S/C14H32N2/c1-6-7-8-9-14(10-15)16(13(4)5)11-12(2)3/h12-14H,6-11,15H2,1-5H3. The quantitative estimate of drug-likeness (QED) is 0.614. The molecule has 0 bridgehead atoms. The molecule has 2 N–H and O–H groups in total. The molecule has 0 spiro atoms. The Hall–Kier alpha value is -0.0800. The normalized spacial score (nSPS) is 14.1. The van der Waals surface area contributed by atoms with E-state index in [9.17, 15) is 0 Å². The summed E-state index contributed by atoms with van der Waals surface area (Å²) in [5.74, 6) is 0.725. The molecule has 1 atom stereocenters. The van der Waals surface area contributed by atoms with Crippen molar-refractivity contribution in [2.75, 3.05) is 13.1 Å². The molecule has 0 rings (SSSR count). The first kappa shape index (κ1) is 15.9. The highest BCUT2D eigenvalue weighted by Crippen LogP contribution is 2.14. The summed E-state index contributed by atoms with van der Waals surface area (Å²) >= 11 is 0. The maximum atomic E-state index is 5.93. The largest absolute Gasteiger partial charge is 0.329 e. The minimum Gasteiger partial charge on any atom is -0.329 e. The van der Waals surface area contributed by atoms with Crippen molar-refractivity contribution >= 4 is 0 Å². The number of nitrogens with zero attached hydrogens (tertiary/aromatic N) is 1. The molecule has 0 aromatic carbocycles. The number of nitrogens with two attached hydrogens (primary N) is 1. The average molecular weight is 228 g/mol. The number of unbranched alkanes of at least 4 members (excludes halogenated alkanes) is 2. The van der Waals surface area contributed by atoms with Gasteiger partial charge < -0.3 is 5.73 Å². The van der Waals surface area contributed by atoms with Crippen LogP contribution in [0.15, 0.2) is 0 Å². The van der Waals surface area contributed by atoms with Crippen molar-refractivity contribution in [2.24, 2.45) is 11.7 Å². The van der Waals surface area contributed by atoms with Crippen LogP contribution in [0.3, 0.4) is 0 Å². The summed E-state index contributed by atoms with van der Waals surface area (Å²) in [5.41, 5.74) is 5.93. The van der Waals surface area contributed by atoms with Gasteiger partial charge in [-0.2, -0.15) is 0 Å². The Balaban J connectivity index is 4.22. The lowest BCUT2D eigenvalue weighted by Crippen LogP contribution is -2.46. The van der Waals surface area contributed by atoms with Gasteiger partial charge in [-0.05, 0) is 26.2 Å². The zero-order valence-corrected chi connectivity index (χ0v) is 12.0. The van der Waals surface area contributed by atoms with Crippen LogP contribution in [0.25, 0.3) is 0 Å². The van der Waals surface area contributed by atoms with Crippen LogP contribution in [-0.2, 0) is 0 Å². The van der Waals surface area contributed by atoms with Crippen LogP contribution in [0.5, 0.6) is 0 Å². The van der Waals surface area contributed by atoms with Gasteiger partial charge in [-0.3, -0.25) is 4.90 Å². The van der Waals surface area contributed by atoms with Gasteiger partial charge in [0.1, 0.15) is 0 Å². The number of rotatable bonds is 9. The van der Waals surface area contributed by atoms with Gasteiger partial charge in [0, 0.05) is 25.2 Å². The van der Waals surface area contributed by atoms with E-state index in [0.717, 1.165) is 12.5 Å². The van der Waals surface area contributed by atoms with Gasteiger partial charge in [-0.15, -0.1) is 0 Å². The topological polar surface area (TPSA) is 29.3 Å². The lowest BCUT2D eigenvalue weighted by molar-refractivity contribution is 0.129. The fourth-order valence-corrected chi connectivity index (χ4v) is 2.25. The molecule has 0 amide bonds. The predicted molar refractivity (Wildman–Crippen MR) is 73.7 cm³/mol. The third-order valence-corrected chi connectivity index (χ3v) is 3.12. The van der Waals surface area contributed by atoms with Crippen molar-refractivity contribution < 1.29 is 0 Å². The molecule has 0 fully saturated rings. The minimum absolute atomic E-state index is 0.578. The lowest BCUT2D eigenvalue weighted by Gasteiger charge is -2.35. The van der Waals surface area contributed by atoms with E-state index in [1.807, 2.05) is 0 Å². The first-order valence-electron chi connectivity index (χ1n) is 6.98. The Morgan fingerprint density at radius 3 is 2.06 bits per heavy atom. The van der Waals surface area contributed by atoms with Crippen molar-refractivity contribution in [2.45, 2.75) is 72.4 Å². The highest BCUT2D eigenvalue weighted by molar-refractivity contribution is 4.76. The van der Waals surface area contributed by atoms with Crippen molar-refractivity contribution in [3.8, 4) is 0 Å². The maximum absolute atomic E-state index is 5.93. The summed E-state index contributed by atoms with van der Waals surface area (Å²) in [5, 5.41) is 0. The Morgan fingerprint density at radius 1 is 1.06 bits per heavy atom. The van der Waals surface area contributed by atoms with Crippen molar-refractivity contribution in [1.82, 2.24) is 4.90 Å². The van der Waals surface area contributed by atoms with E-state index >= 15 is 0 Å². The van der Waals surface area contributed by atoms with Crippen LogP contribution in [0.2, 0.25) is 0 Å². The zero-order chi connectivity index (χ0) is 12.6. The number of hydrogen-bond donors (Lipinski definition) is 1. The van der Waals surface area contributed by atoms with Gasteiger partial charge >= 0.3 is 0 Å². The Morgan fingerprint density at radius 2 is 1.69 bits per heavy atom. The molecule has 2 nitrogen and oxygen atoms in total. The fraction of sp³-hybridized carbons (Fsp3) is 1.00. The molecule has 0 aromatic rings. The second kappa shape index (κ2) is 9.00. The van der Waals surface area contributed by atoms with E-state index in [0.29, 0.717) is 12.1 Å². The van der Waals surface area contributed by atoms with Gasteiger partial charge in [0.15, 0.2) is 0 Å². The van der Waals surface area contributed by atoms with Gasteiger partial charge in [-0.25, -0.2) is 0 Å². The molecular weight excluding hydrogens is 196 g/mol. The summed E-state index contributed by atoms with van der Waals surface area (Å²) < 4.78 is 0. The molecule has 16 heavy (non-hydrogen) atoms. The van der Waals surface area contributed by atoms with Crippen molar-refractivity contribution in [3.05, 3.63) is 0 Å². The highest BCUT2D eigenvalue weighted by Gasteiger charge is 2.20. The molecule has 2 heteroatoms. The van der Waals surface area contributed by atoms with Crippen LogP contribution >= 0.6 is 0 Å². The Kier molecular flexibility index (Phi) is 8.96. The molecule has 1 unspecified atom stereocenters.